The summed E-state index contributed by atoms with van der Waals surface area (Å²) in [5, 5.41) is 0. The minimum Gasteiger partial charge on any atom is -0.330 e. The van der Waals surface area contributed by atoms with Crippen LogP contribution in [-0.4, -0.2) is 12.3 Å². The van der Waals surface area contributed by atoms with Crippen LogP contribution in [0.4, 0.5) is 0 Å². The van der Waals surface area contributed by atoms with Gasteiger partial charge >= 0.3 is 0 Å². The SMILES string of the molecule is CC(=O)CCCCCN.Cc1ccc(CCC(C)C)cc1. The fourth-order valence-corrected chi connectivity index (χ4v) is 1.91. The van der Waals surface area contributed by atoms with E-state index in [-0.39, 0.29) is 5.78 Å². The molecule has 0 amide bonds. The largest absolute Gasteiger partial charge is 0.330 e. The van der Waals surface area contributed by atoms with Crippen LogP contribution in [0.15, 0.2) is 24.3 Å². The number of carbonyl (C=O) groups is 1. The standard InChI is InChI=1S/C12H18.C7H15NO/c1-10(2)4-7-12-8-5-11(3)6-9-12;1-7(9)5-3-2-4-6-8/h5-6,8-10H,4,7H2,1-3H3;2-6,8H2,1H3. The van der Waals surface area contributed by atoms with Crippen LogP contribution in [-0.2, 0) is 11.2 Å². The van der Waals surface area contributed by atoms with E-state index >= 15 is 0 Å². The van der Waals surface area contributed by atoms with Gasteiger partial charge in [0.25, 0.3) is 0 Å². The van der Waals surface area contributed by atoms with Crippen LogP contribution in [0.1, 0.15) is 64.0 Å². The average Bonchev–Trinajstić information content (AvgIpc) is 2.43. The number of hydrogen-bond donors (Lipinski definition) is 1. The quantitative estimate of drug-likeness (QED) is 0.707. The van der Waals surface area contributed by atoms with Crippen molar-refractivity contribution >= 4 is 5.78 Å². The highest BCUT2D eigenvalue weighted by atomic mass is 16.1. The van der Waals surface area contributed by atoms with Gasteiger partial charge in [0.2, 0.25) is 0 Å². The van der Waals surface area contributed by atoms with Crippen LogP contribution < -0.4 is 5.73 Å². The molecule has 0 aliphatic carbocycles. The van der Waals surface area contributed by atoms with Crippen molar-refractivity contribution in [2.45, 2.75) is 66.2 Å². The van der Waals surface area contributed by atoms with Gasteiger partial charge in [0.15, 0.2) is 0 Å². The molecule has 0 aliphatic rings. The highest BCUT2D eigenvalue weighted by Crippen LogP contribution is 2.09. The second-order valence-electron chi connectivity index (χ2n) is 6.22. The lowest BCUT2D eigenvalue weighted by Gasteiger charge is -2.04. The summed E-state index contributed by atoms with van der Waals surface area (Å²) in [6.07, 6.45) is 6.39. The lowest BCUT2D eigenvalue weighted by molar-refractivity contribution is -0.117. The number of hydrogen-bond acceptors (Lipinski definition) is 2. The molecular formula is C19H33NO. The van der Waals surface area contributed by atoms with Crippen molar-refractivity contribution in [2.24, 2.45) is 11.7 Å². The van der Waals surface area contributed by atoms with E-state index in [2.05, 4.69) is 45.0 Å². The van der Waals surface area contributed by atoms with E-state index in [1.165, 1.54) is 24.0 Å². The molecule has 0 spiro atoms. The van der Waals surface area contributed by atoms with Gasteiger partial charge < -0.3 is 10.5 Å². The van der Waals surface area contributed by atoms with E-state index in [4.69, 9.17) is 5.73 Å². The molecular weight excluding hydrogens is 258 g/mol. The number of carbonyl (C=O) groups excluding carboxylic acids is 1. The molecule has 1 aromatic rings. The molecule has 0 bridgehead atoms. The van der Waals surface area contributed by atoms with E-state index in [0.29, 0.717) is 0 Å². The van der Waals surface area contributed by atoms with E-state index in [0.717, 1.165) is 38.1 Å². The van der Waals surface area contributed by atoms with E-state index in [9.17, 15) is 4.79 Å². The Labute approximate surface area is 131 Å². The summed E-state index contributed by atoms with van der Waals surface area (Å²) in [5.41, 5.74) is 8.08. The molecule has 0 saturated heterocycles. The Hall–Kier alpha value is -1.15. The summed E-state index contributed by atoms with van der Waals surface area (Å²) in [6.45, 7) is 9.05. The van der Waals surface area contributed by atoms with Crippen LogP contribution in [0.25, 0.3) is 0 Å². The molecule has 2 nitrogen and oxygen atoms in total. The molecule has 0 atom stereocenters. The highest BCUT2D eigenvalue weighted by Gasteiger charge is 1.95. The highest BCUT2D eigenvalue weighted by molar-refractivity contribution is 5.75. The summed E-state index contributed by atoms with van der Waals surface area (Å²) in [6, 6.07) is 8.85. The molecule has 0 aromatic heterocycles. The Kier molecular flexibility index (Phi) is 11.9. The zero-order valence-electron chi connectivity index (χ0n) is 14.3. The van der Waals surface area contributed by atoms with Crippen molar-refractivity contribution in [2.75, 3.05) is 6.54 Å². The number of ketones is 1. The van der Waals surface area contributed by atoms with Gasteiger partial charge in [0.05, 0.1) is 0 Å². The summed E-state index contributed by atoms with van der Waals surface area (Å²) in [7, 11) is 0. The van der Waals surface area contributed by atoms with Crippen molar-refractivity contribution in [3.63, 3.8) is 0 Å². The number of aryl methyl sites for hydroxylation is 2. The van der Waals surface area contributed by atoms with Crippen molar-refractivity contribution in [1.29, 1.82) is 0 Å². The molecule has 2 N–H and O–H groups in total. The van der Waals surface area contributed by atoms with Crippen molar-refractivity contribution in [1.82, 2.24) is 0 Å². The molecule has 0 aliphatic heterocycles. The first kappa shape index (κ1) is 19.9. The third-order valence-electron chi connectivity index (χ3n) is 3.36. The summed E-state index contributed by atoms with van der Waals surface area (Å²) in [5.74, 6) is 1.10. The Balaban J connectivity index is 0.000000400. The Morgan fingerprint density at radius 1 is 1.10 bits per heavy atom. The van der Waals surface area contributed by atoms with Gasteiger partial charge in [-0.15, -0.1) is 0 Å². The number of Topliss-reactive ketones (excluding diaryl/α,β-unsaturated/α-hetero) is 1. The maximum atomic E-state index is 10.4. The van der Waals surface area contributed by atoms with Crippen LogP contribution in [0.3, 0.4) is 0 Å². The monoisotopic (exact) mass is 291 g/mol. The molecule has 0 saturated carbocycles. The number of unbranched alkanes of at least 4 members (excludes halogenated alkanes) is 2. The fraction of sp³-hybridized carbons (Fsp3) is 0.632. The third-order valence-corrected chi connectivity index (χ3v) is 3.36. The van der Waals surface area contributed by atoms with Gasteiger partial charge in [-0.1, -0.05) is 50.1 Å². The normalized spacial score (nSPS) is 10.2. The summed E-state index contributed by atoms with van der Waals surface area (Å²) < 4.78 is 0. The van der Waals surface area contributed by atoms with E-state index in [1.54, 1.807) is 6.92 Å². The van der Waals surface area contributed by atoms with Gasteiger partial charge in [-0.2, -0.15) is 0 Å². The topological polar surface area (TPSA) is 43.1 Å². The zero-order chi connectivity index (χ0) is 16.1. The molecule has 0 radical (unpaired) electrons. The molecule has 0 fully saturated rings. The maximum absolute atomic E-state index is 10.4. The second-order valence-corrected chi connectivity index (χ2v) is 6.22. The molecule has 120 valence electrons. The Morgan fingerprint density at radius 3 is 2.19 bits per heavy atom. The van der Waals surface area contributed by atoms with Gasteiger partial charge in [-0.3, -0.25) is 0 Å². The first-order valence-corrected chi connectivity index (χ1v) is 8.20. The Morgan fingerprint density at radius 2 is 1.71 bits per heavy atom. The van der Waals surface area contributed by atoms with Gasteiger partial charge in [0.1, 0.15) is 5.78 Å². The van der Waals surface area contributed by atoms with Gasteiger partial charge in [0, 0.05) is 6.42 Å². The van der Waals surface area contributed by atoms with Crippen molar-refractivity contribution in [3.8, 4) is 0 Å². The van der Waals surface area contributed by atoms with Gasteiger partial charge in [-0.25, -0.2) is 0 Å². The van der Waals surface area contributed by atoms with Crippen LogP contribution in [0.5, 0.6) is 0 Å². The lowest BCUT2D eigenvalue weighted by Crippen LogP contribution is -1.98. The molecule has 0 heterocycles. The molecule has 21 heavy (non-hydrogen) atoms. The van der Waals surface area contributed by atoms with Crippen LogP contribution in [0, 0.1) is 12.8 Å². The van der Waals surface area contributed by atoms with Gasteiger partial charge in [-0.05, 0) is 57.6 Å². The first-order chi connectivity index (χ1) is 9.95. The minimum absolute atomic E-state index is 0.284. The van der Waals surface area contributed by atoms with Crippen LogP contribution >= 0.6 is 0 Å². The molecule has 2 heteroatoms. The smallest absolute Gasteiger partial charge is 0.129 e. The maximum Gasteiger partial charge on any atom is 0.129 e. The van der Waals surface area contributed by atoms with E-state index in [1.807, 2.05) is 0 Å². The number of rotatable bonds is 8. The molecule has 1 rings (SSSR count). The average molecular weight is 291 g/mol. The predicted octanol–water partition coefficient (Wildman–Crippen LogP) is 4.68. The Bertz CT molecular complexity index is 368. The molecule has 1 aromatic carbocycles. The molecule has 0 unspecified atom stereocenters. The third kappa shape index (κ3) is 13.6. The van der Waals surface area contributed by atoms with Crippen LogP contribution in [0.2, 0.25) is 0 Å². The summed E-state index contributed by atoms with van der Waals surface area (Å²) >= 11 is 0. The predicted molar refractivity (Wildman–Crippen MR) is 92.5 cm³/mol. The summed E-state index contributed by atoms with van der Waals surface area (Å²) in [4.78, 5) is 10.4. The van der Waals surface area contributed by atoms with Crippen molar-refractivity contribution in [3.05, 3.63) is 35.4 Å². The first-order valence-electron chi connectivity index (χ1n) is 8.20. The number of benzene rings is 1. The van der Waals surface area contributed by atoms with E-state index < -0.39 is 0 Å². The lowest BCUT2D eigenvalue weighted by atomic mass is 10.0. The minimum atomic E-state index is 0.284. The second kappa shape index (κ2) is 12.6. The van der Waals surface area contributed by atoms with Crippen molar-refractivity contribution < 1.29 is 4.79 Å². The zero-order valence-corrected chi connectivity index (χ0v) is 14.3. The number of nitrogens with two attached hydrogens (primary N) is 1. The fourth-order valence-electron chi connectivity index (χ4n) is 1.91.